The van der Waals surface area contributed by atoms with E-state index in [1.165, 1.54) is 0 Å². The topological polar surface area (TPSA) is 60.4 Å². The molecule has 0 amide bonds. The quantitative estimate of drug-likeness (QED) is 0.632. The molecule has 17 heavy (non-hydrogen) atoms. The van der Waals surface area contributed by atoms with Gasteiger partial charge in [-0.05, 0) is 12.1 Å². The van der Waals surface area contributed by atoms with E-state index in [4.69, 9.17) is 10.7 Å². The van der Waals surface area contributed by atoms with E-state index in [-0.39, 0.29) is 6.29 Å². The van der Waals surface area contributed by atoms with Crippen LogP contribution < -0.4 is 4.74 Å². The Bertz CT molecular complexity index is 538. The largest absolute Gasteiger partial charge is 0.573 e. The maximum Gasteiger partial charge on any atom is 0.573 e. The number of ether oxygens (including phenoxy) is 1. The van der Waals surface area contributed by atoms with Crippen LogP contribution in [0.15, 0.2) is 23.1 Å². The summed E-state index contributed by atoms with van der Waals surface area (Å²) < 4.78 is 61.7. The molecule has 94 valence electrons. The van der Waals surface area contributed by atoms with Crippen LogP contribution in [0.5, 0.6) is 5.75 Å². The number of carbonyl (C=O) groups is 1. The van der Waals surface area contributed by atoms with E-state index in [9.17, 15) is 26.4 Å². The van der Waals surface area contributed by atoms with Crippen LogP contribution in [0.4, 0.5) is 13.2 Å². The van der Waals surface area contributed by atoms with E-state index in [2.05, 4.69) is 4.74 Å². The predicted octanol–water partition coefficient (Wildman–Crippen LogP) is 2.33. The lowest BCUT2D eigenvalue weighted by molar-refractivity contribution is -0.275. The van der Waals surface area contributed by atoms with Crippen molar-refractivity contribution in [2.45, 2.75) is 11.3 Å². The molecule has 0 unspecified atom stereocenters. The molecule has 0 radical (unpaired) electrons. The van der Waals surface area contributed by atoms with Gasteiger partial charge in [0.2, 0.25) is 0 Å². The lowest BCUT2D eigenvalue weighted by atomic mass is 10.2. The summed E-state index contributed by atoms with van der Waals surface area (Å²) in [6.07, 6.45) is -5.10. The first-order chi connectivity index (χ1) is 7.65. The van der Waals surface area contributed by atoms with Crippen LogP contribution in [0.1, 0.15) is 10.4 Å². The highest BCUT2D eigenvalue weighted by Gasteiger charge is 2.35. The van der Waals surface area contributed by atoms with Gasteiger partial charge in [-0.3, -0.25) is 4.79 Å². The van der Waals surface area contributed by atoms with E-state index >= 15 is 0 Å². The summed E-state index contributed by atoms with van der Waals surface area (Å²) in [7, 11) is 0.480. The first-order valence-corrected chi connectivity index (χ1v) is 6.24. The van der Waals surface area contributed by atoms with E-state index in [0.717, 1.165) is 18.2 Å². The number of benzene rings is 1. The molecule has 0 aliphatic heterocycles. The summed E-state index contributed by atoms with van der Waals surface area (Å²) in [5.74, 6) is -1.13. The molecule has 0 atom stereocenters. The summed E-state index contributed by atoms with van der Waals surface area (Å²) in [6, 6.07) is 2.85. The number of hydrogen-bond acceptors (Lipinski definition) is 4. The molecule has 0 aromatic heterocycles. The SMILES string of the molecule is O=Cc1cccc(S(=O)(=O)Cl)c1OC(F)(F)F. The molecule has 0 spiro atoms. The predicted molar refractivity (Wildman–Crippen MR) is 51.6 cm³/mol. The minimum absolute atomic E-state index is 0.0344. The zero-order chi connectivity index (χ0) is 13.3. The van der Waals surface area contributed by atoms with E-state index in [1.54, 1.807) is 0 Å². The smallest absolute Gasteiger partial charge is 0.404 e. The molecule has 1 aromatic carbocycles. The molecule has 0 N–H and O–H groups in total. The molecule has 4 nitrogen and oxygen atoms in total. The van der Waals surface area contributed by atoms with Crippen molar-refractivity contribution in [1.29, 1.82) is 0 Å². The lowest BCUT2D eigenvalue weighted by Gasteiger charge is -2.13. The van der Waals surface area contributed by atoms with E-state index in [0.29, 0.717) is 0 Å². The van der Waals surface area contributed by atoms with Crippen molar-refractivity contribution < 1.29 is 31.1 Å². The first kappa shape index (κ1) is 13.8. The molecule has 0 saturated carbocycles. The summed E-state index contributed by atoms with van der Waals surface area (Å²) in [5, 5.41) is 0. The molecule has 0 aliphatic rings. The number of halogens is 4. The van der Waals surface area contributed by atoms with E-state index in [1.807, 2.05) is 0 Å². The monoisotopic (exact) mass is 288 g/mol. The molecular weight excluding hydrogens is 285 g/mol. The van der Waals surface area contributed by atoms with Gasteiger partial charge in [0.15, 0.2) is 12.0 Å². The second-order valence-corrected chi connectivity index (χ2v) is 5.31. The summed E-state index contributed by atoms with van der Waals surface area (Å²) in [4.78, 5) is 9.59. The van der Waals surface area contributed by atoms with E-state index < -0.39 is 31.6 Å². The van der Waals surface area contributed by atoms with Crippen LogP contribution in [0.3, 0.4) is 0 Å². The van der Waals surface area contributed by atoms with Crippen molar-refractivity contribution in [1.82, 2.24) is 0 Å². The van der Waals surface area contributed by atoms with Gasteiger partial charge in [0.25, 0.3) is 9.05 Å². The average molecular weight is 289 g/mol. The van der Waals surface area contributed by atoms with Gasteiger partial charge in [-0.15, -0.1) is 13.2 Å². The maximum absolute atomic E-state index is 12.0. The molecule has 0 aliphatic carbocycles. The summed E-state index contributed by atoms with van der Waals surface area (Å²) in [6.45, 7) is 0. The molecule has 0 fully saturated rings. The van der Waals surface area contributed by atoms with Crippen LogP contribution in [0.2, 0.25) is 0 Å². The van der Waals surface area contributed by atoms with Gasteiger partial charge >= 0.3 is 6.36 Å². The van der Waals surface area contributed by atoms with Gasteiger partial charge in [0.1, 0.15) is 4.90 Å². The third-order valence-corrected chi connectivity index (χ3v) is 2.96. The molecule has 1 rings (SSSR count). The number of para-hydroxylation sites is 1. The molecule has 1 aromatic rings. The highest BCUT2D eigenvalue weighted by atomic mass is 35.7. The van der Waals surface area contributed by atoms with Crippen LogP contribution in [-0.4, -0.2) is 21.1 Å². The molecule has 0 saturated heterocycles. The highest BCUT2D eigenvalue weighted by Crippen LogP contribution is 2.33. The van der Waals surface area contributed by atoms with Crippen LogP contribution >= 0.6 is 10.7 Å². The zero-order valence-electron chi connectivity index (χ0n) is 7.86. The molecule has 0 bridgehead atoms. The van der Waals surface area contributed by atoms with Crippen molar-refractivity contribution in [3.05, 3.63) is 23.8 Å². The number of aldehydes is 1. The number of hydrogen-bond donors (Lipinski definition) is 0. The Hall–Kier alpha value is -1.28. The summed E-state index contributed by atoms with van der Waals surface area (Å²) >= 11 is 0. The molecule has 9 heteroatoms. The Morgan fingerprint density at radius 2 is 1.88 bits per heavy atom. The normalized spacial score (nSPS) is 12.2. The van der Waals surface area contributed by atoms with Crippen molar-refractivity contribution in [3.8, 4) is 5.75 Å². The maximum atomic E-state index is 12.0. The van der Waals surface area contributed by atoms with Crippen molar-refractivity contribution in [3.63, 3.8) is 0 Å². The average Bonchev–Trinajstić information content (AvgIpc) is 2.13. The first-order valence-electron chi connectivity index (χ1n) is 3.94. The Labute approximate surface area is 98.4 Å². The van der Waals surface area contributed by atoms with Crippen molar-refractivity contribution in [2.24, 2.45) is 0 Å². The van der Waals surface area contributed by atoms with Gasteiger partial charge in [-0.2, -0.15) is 0 Å². The number of rotatable bonds is 3. The third kappa shape index (κ3) is 3.60. The Balaban J connectivity index is 3.47. The minimum Gasteiger partial charge on any atom is -0.404 e. The Morgan fingerprint density at radius 3 is 2.29 bits per heavy atom. The van der Waals surface area contributed by atoms with Crippen molar-refractivity contribution >= 4 is 26.0 Å². The number of carbonyl (C=O) groups excluding carboxylic acids is 1. The van der Waals surface area contributed by atoms with Gasteiger partial charge in [0, 0.05) is 10.7 Å². The Morgan fingerprint density at radius 1 is 1.29 bits per heavy atom. The zero-order valence-corrected chi connectivity index (χ0v) is 9.43. The van der Waals surface area contributed by atoms with Gasteiger partial charge < -0.3 is 4.74 Å². The van der Waals surface area contributed by atoms with Gasteiger partial charge in [-0.1, -0.05) is 6.07 Å². The minimum atomic E-state index is -5.13. The Kier molecular flexibility index (Phi) is 3.68. The fourth-order valence-electron chi connectivity index (χ4n) is 1.04. The third-order valence-electron chi connectivity index (χ3n) is 1.62. The fourth-order valence-corrected chi connectivity index (χ4v) is 2.03. The summed E-state index contributed by atoms with van der Waals surface area (Å²) in [5.41, 5.74) is -0.566. The van der Waals surface area contributed by atoms with Crippen LogP contribution in [0.25, 0.3) is 0 Å². The van der Waals surface area contributed by atoms with Crippen molar-refractivity contribution in [2.75, 3.05) is 0 Å². The molecular formula is C8H4ClF3O4S. The molecule has 0 heterocycles. The standard InChI is InChI=1S/C8H4ClF3O4S/c9-17(14,15)6-3-1-2-5(4-13)7(6)16-8(10,11)12/h1-4H. The number of alkyl halides is 3. The van der Waals surface area contributed by atoms with Gasteiger partial charge in [0.05, 0.1) is 5.56 Å². The van der Waals surface area contributed by atoms with Crippen LogP contribution in [0, 0.1) is 0 Å². The lowest BCUT2D eigenvalue weighted by Crippen LogP contribution is -2.19. The van der Waals surface area contributed by atoms with Crippen LogP contribution in [-0.2, 0) is 9.05 Å². The van der Waals surface area contributed by atoms with Gasteiger partial charge in [-0.25, -0.2) is 8.42 Å². The second kappa shape index (κ2) is 4.53. The second-order valence-electron chi connectivity index (χ2n) is 2.78. The highest BCUT2D eigenvalue weighted by molar-refractivity contribution is 8.13. The fraction of sp³-hybridized carbons (Fsp3) is 0.125.